The van der Waals surface area contributed by atoms with Crippen LogP contribution >= 0.6 is 0 Å². The number of hydrogen-bond donors (Lipinski definition) is 0. The first-order valence-corrected chi connectivity index (χ1v) is 14.1. The van der Waals surface area contributed by atoms with Crippen LogP contribution in [0.15, 0.2) is 10.6 Å². The number of ether oxygens (including phenoxy) is 1. The van der Waals surface area contributed by atoms with E-state index in [0.29, 0.717) is 54.4 Å². The van der Waals surface area contributed by atoms with Crippen LogP contribution in [0.2, 0.25) is 0 Å². The van der Waals surface area contributed by atoms with Crippen LogP contribution in [0.25, 0.3) is 11.5 Å². The lowest BCUT2D eigenvalue weighted by Crippen LogP contribution is -2.41. The van der Waals surface area contributed by atoms with Crippen LogP contribution < -0.4 is 9.64 Å². The quantitative estimate of drug-likeness (QED) is 0.593. The Balaban J connectivity index is 1.39. The number of amides is 1. The van der Waals surface area contributed by atoms with Crippen molar-refractivity contribution in [3.8, 4) is 17.4 Å². The number of Topliss-reactive ketones (excluding diaryl/α,β-unsaturated/α-hetero) is 1. The Morgan fingerprint density at radius 2 is 1.86 bits per heavy atom. The molecule has 2 saturated heterocycles. The topological polar surface area (TPSA) is 102 Å². The molecule has 0 N–H and O–H groups in total. The molecule has 4 heterocycles. The molecule has 4 aliphatic rings. The highest BCUT2D eigenvalue weighted by atomic mass is 16.5. The number of nitrogens with zero attached hydrogens (tertiary/aromatic N) is 5. The molecule has 1 spiro atoms. The SMILES string of the molecule is C[C@H](Oc1cc(N2CCCCC2=O)nc(-c2noc3c2CCC[C@@]32CCCCC2=O)n1)[C@@H]1CCCN1C. The minimum absolute atomic E-state index is 0.0606. The van der Waals surface area contributed by atoms with Crippen LogP contribution in [0.5, 0.6) is 5.88 Å². The van der Waals surface area contributed by atoms with Gasteiger partial charge in [0.05, 0.1) is 5.41 Å². The summed E-state index contributed by atoms with van der Waals surface area (Å²) in [6.45, 7) is 3.77. The maximum Gasteiger partial charge on any atom is 0.228 e. The van der Waals surface area contributed by atoms with Crippen molar-refractivity contribution in [2.45, 2.75) is 102 Å². The van der Waals surface area contributed by atoms with Gasteiger partial charge < -0.3 is 9.26 Å². The summed E-state index contributed by atoms with van der Waals surface area (Å²) in [5.41, 5.74) is 0.964. The van der Waals surface area contributed by atoms with Crippen LogP contribution in [0.1, 0.15) is 88.9 Å². The molecule has 3 fully saturated rings. The number of hydrogen-bond acceptors (Lipinski definition) is 8. The second-order valence-electron chi connectivity index (χ2n) is 11.3. The fraction of sp³-hybridized carbons (Fsp3) is 0.679. The average Bonchev–Trinajstić information content (AvgIpc) is 3.53. The highest BCUT2D eigenvalue weighted by molar-refractivity contribution is 5.93. The zero-order valence-corrected chi connectivity index (χ0v) is 22.0. The Labute approximate surface area is 217 Å². The molecule has 0 aromatic carbocycles. The average molecular weight is 508 g/mol. The number of rotatable bonds is 5. The molecule has 0 unspecified atom stereocenters. The van der Waals surface area contributed by atoms with Crippen molar-refractivity contribution in [2.75, 3.05) is 25.0 Å². The van der Waals surface area contributed by atoms with Crippen molar-refractivity contribution in [3.63, 3.8) is 0 Å². The molecule has 198 valence electrons. The molecule has 3 atom stereocenters. The molecule has 37 heavy (non-hydrogen) atoms. The number of carbonyl (C=O) groups is 2. The number of likely N-dealkylation sites (N-methyl/N-ethyl adjacent to an activating group) is 1. The number of ketones is 1. The fourth-order valence-corrected chi connectivity index (χ4v) is 6.93. The highest BCUT2D eigenvalue weighted by Crippen LogP contribution is 2.47. The minimum atomic E-state index is -0.557. The lowest BCUT2D eigenvalue weighted by Gasteiger charge is -2.36. The van der Waals surface area contributed by atoms with E-state index in [1.54, 1.807) is 11.0 Å². The zero-order chi connectivity index (χ0) is 25.6. The van der Waals surface area contributed by atoms with Gasteiger partial charge in [-0.05, 0) is 78.3 Å². The second kappa shape index (κ2) is 9.82. The first-order chi connectivity index (χ1) is 18.0. The van der Waals surface area contributed by atoms with Gasteiger partial charge in [-0.3, -0.25) is 19.4 Å². The maximum atomic E-state index is 13.1. The molecule has 9 heteroatoms. The van der Waals surface area contributed by atoms with Crippen molar-refractivity contribution >= 4 is 17.5 Å². The van der Waals surface area contributed by atoms with Gasteiger partial charge in [-0.1, -0.05) is 11.6 Å². The van der Waals surface area contributed by atoms with E-state index in [2.05, 4.69) is 24.0 Å². The van der Waals surface area contributed by atoms with Gasteiger partial charge in [-0.25, -0.2) is 4.98 Å². The van der Waals surface area contributed by atoms with Crippen LogP contribution in [0, 0.1) is 0 Å². The Kier molecular flexibility index (Phi) is 6.51. The predicted octanol–water partition coefficient (Wildman–Crippen LogP) is 4.23. The normalized spacial score (nSPS) is 27.5. The van der Waals surface area contributed by atoms with E-state index in [9.17, 15) is 9.59 Å². The van der Waals surface area contributed by atoms with E-state index in [1.165, 1.54) is 0 Å². The number of aromatic nitrogens is 3. The lowest BCUT2D eigenvalue weighted by molar-refractivity contribution is -0.128. The van der Waals surface area contributed by atoms with E-state index in [0.717, 1.165) is 76.3 Å². The number of piperidine rings is 1. The molecule has 2 aliphatic carbocycles. The number of likely N-dealkylation sites (tertiary alicyclic amines) is 1. The number of carbonyl (C=O) groups excluding carboxylic acids is 2. The minimum Gasteiger partial charge on any atom is -0.473 e. The van der Waals surface area contributed by atoms with E-state index in [1.807, 2.05) is 0 Å². The van der Waals surface area contributed by atoms with E-state index in [4.69, 9.17) is 19.2 Å². The Morgan fingerprint density at radius 1 is 1.03 bits per heavy atom. The van der Waals surface area contributed by atoms with Crippen molar-refractivity contribution in [1.82, 2.24) is 20.0 Å². The summed E-state index contributed by atoms with van der Waals surface area (Å²) >= 11 is 0. The third kappa shape index (κ3) is 4.35. The van der Waals surface area contributed by atoms with Gasteiger partial charge in [-0.15, -0.1) is 0 Å². The van der Waals surface area contributed by atoms with Crippen LogP contribution in [0.4, 0.5) is 5.82 Å². The first kappa shape index (κ1) is 24.5. The molecule has 2 aliphatic heterocycles. The van der Waals surface area contributed by atoms with Gasteiger partial charge in [0.1, 0.15) is 17.7 Å². The maximum absolute atomic E-state index is 13.1. The lowest BCUT2D eigenvalue weighted by atomic mass is 9.64. The molecule has 1 amide bonds. The Hall–Kier alpha value is -2.81. The third-order valence-electron chi connectivity index (χ3n) is 8.97. The molecule has 0 radical (unpaired) electrons. The molecule has 2 aromatic heterocycles. The predicted molar refractivity (Wildman–Crippen MR) is 138 cm³/mol. The molecule has 9 nitrogen and oxygen atoms in total. The Morgan fingerprint density at radius 3 is 2.65 bits per heavy atom. The summed E-state index contributed by atoms with van der Waals surface area (Å²) in [4.78, 5) is 39.6. The van der Waals surface area contributed by atoms with Crippen molar-refractivity contribution in [2.24, 2.45) is 0 Å². The monoisotopic (exact) mass is 507 g/mol. The standard InChI is InChI=1S/C28H37N5O4/c1-18(20-10-8-15-32(20)2)36-23-17-22(33-16-6-4-12-24(33)35)29-27(30-23)25-19-9-7-14-28(26(19)37-31-25)13-5-3-11-21(28)34/h17-18,20H,3-16H2,1-2H3/t18-,20-,28+/m0/s1. The fourth-order valence-electron chi connectivity index (χ4n) is 6.93. The van der Waals surface area contributed by atoms with Gasteiger partial charge >= 0.3 is 0 Å². The number of fused-ring (bicyclic) bond motifs is 2. The third-order valence-corrected chi connectivity index (χ3v) is 8.97. The Bertz CT molecular complexity index is 1200. The summed E-state index contributed by atoms with van der Waals surface area (Å²) in [5, 5.41) is 4.45. The molecule has 6 rings (SSSR count). The summed E-state index contributed by atoms with van der Waals surface area (Å²) in [6, 6.07) is 2.10. The van der Waals surface area contributed by atoms with Crippen LogP contribution in [-0.2, 0) is 21.4 Å². The summed E-state index contributed by atoms with van der Waals surface area (Å²) < 4.78 is 12.4. The molecule has 0 bridgehead atoms. The summed E-state index contributed by atoms with van der Waals surface area (Å²) in [6.07, 6.45) is 10.4. The highest BCUT2D eigenvalue weighted by Gasteiger charge is 2.48. The van der Waals surface area contributed by atoms with Crippen LogP contribution in [-0.4, -0.2) is 64.0 Å². The number of anilines is 1. The van der Waals surface area contributed by atoms with E-state index < -0.39 is 5.41 Å². The van der Waals surface area contributed by atoms with Crippen molar-refractivity contribution in [3.05, 3.63) is 17.4 Å². The molecular weight excluding hydrogens is 470 g/mol. The summed E-state index contributed by atoms with van der Waals surface area (Å²) in [5.74, 6) is 2.46. The van der Waals surface area contributed by atoms with E-state index >= 15 is 0 Å². The molecular formula is C28H37N5O4. The molecule has 1 saturated carbocycles. The first-order valence-electron chi connectivity index (χ1n) is 14.1. The van der Waals surface area contributed by atoms with Gasteiger partial charge in [0.25, 0.3) is 0 Å². The second-order valence-corrected chi connectivity index (χ2v) is 11.3. The van der Waals surface area contributed by atoms with Gasteiger partial charge in [-0.2, -0.15) is 4.98 Å². The largest absolute Gasteiger partial charge is 0.473 e. The van der Waals surface area contributed by atoms with Crippen molar-refractivity contribution in [1.29, 1.82) is 0 Å². The van der Waals surface area contributed by atoms with Gasteiger partial charge in [0.15, 0.2) is 17.3 Å². The summed E-state index contributed by atoms with van der Waals surface area (Å²) in [7, 11) is 2.13. The zero-order valence-electron chi connectivity index (χ0n) is 22.0. The smallest absolute Gasteiger partial charge is 0.228 e. The molecule has 2 aromatic rings. The van der Waals surface area contributed by atoms with Crippen molar-refractivity contribution < 1.29 is 18.8 Å². The van der Waals surface area contributed by atoms with Crippen LogP contribution in [0.3, 0.4) is 0 Å². The van der Waals surface area contributed by atoms with Gasteiger partial charge in [0.2, 0.25) is 11.8 Å². The van der Waals surface area contributed by atoms with Gasteiger partial charge in [0, 0.05) is 37.1 Å². The van der Waals surface area contributed by atoms with E-state index in [-0.39, 0.29) is 17.8 Å².